The number of esters is 1. The molecule has 0 spiro atoms. The number of amides is 1. The Morgan fingerprint density at radius 2 is 1.90 bits per heavy atom. The second-order valence-corrected chi connectivity index (χ2v) is 7.53. The smallest absolute Gasteiger partial charge is 0.418 e. The summed E-state index contributed by atoms with van der Waals surface area (Å²) in [5.74, 6) is -1.60. The number of carbonyl (C=O) groups is 2. The summed E-state index contributed by atoms with van der Waals surface area (Å²) in [6.07, 6.45) is -2.43. The van der Waals surface area contributed by atoms with Crippen LogP contribution in [0.5, 0.6) is 0 Å². The van der Waals surface area contributed by atoms with E-state index in [0.29, 0.717) is 22.9 Å². The van der Waals surface area contributed by atoms with Gasteiger partial charge in [-0.25, -0.2) is 4.79 Å². The van der Waals surface area contributed by atoms with Crippen molar-refractivity contribution in [2.45, 2.75) is 25.4 Å². The molecular weight excluding hydrogens is 433 g/mol. The second kappa shape index (κ2) is 8.19. The van der Waals surface area contributed by atoms with Gasteiger partial charge in [0.25, 0.3) is 5.91 Å². The third-order valence-electron chi connectivity index (χ3n) is 5.02. The molecule has 5 nitrogen and oxygen atoms in total. The van der Waals surface area contributed by atoms with E-state index in [9.17, 15) is 22.8 Å². The number of ether oxygens (including phenoxy) is 1. The first-order valence-electron chi connectivity index (χ1n) is 9.48. The molecule has 0 fully saturated rings. The molecule has 1 amide bonds. The van der Waals surface area contributed by atoms with E-state index in [2.05, 4.69) is 10.3 Å². The number of halogens is 4. The highest BCUT2D eigenvalue weighted by Crippen LogP contribution is 2.36. The Balaban J connectivity index is 1.53. The maximum Gasteiger partial charge on any atom is 0.418 e. The van der Waals surface area contributed by atoms with Gasteiger partial charge in [0.05, 0.1) is 22.3 Å². The van der Waals surface area contributed by atoms with Crippen molar-refractivity contribution in [1.82, 2.24) is 4.98 Å². The summed E-state index contributed by atoms with van der Waals surface area (Å²) in [6.45, 7) is -0.732. The molecule has 0 aliphatic heterocycles. The van der Waals surface area contributed by atoms with E-state index in [-0.39, 0.29) is 5.02 Å². The van der Waals surface area contributed by atoms with Gasteiger partial charge in [0.1, 0.15) is 0 Å². The SMILES string of the molecule is O=C(COC(=O)c1c2c(nc3ccccc13)CCC2)Nc1ccc(Cl)cc1C(F)(F)F. The number of benzene rings is 2. The minimum absolute atomic E-state index is 0.116. The summed E-state index contributed by atoms with van der Waals surface area (Å²) < 4.78 is 44.7. The lowest BCUT2D eigenvalue weighted by Crippen LogP contribution is -2.23. The number of anilines is 1. The molecule has 1 aliphatic rings. The molecule has 9 heteroatoms. The van der Waals surface area contributed by atoms with Crippen LogP contribution in [-0.4, -0.2) is 23.5 Å². The number of hydrogen-bond acceptors (Lipinski definition) is 4. The summed E-state index contributed by atoms with van der Waals surface area (Å²) in [7, 11) is 0. The average Bonchev–Trinajstić information content (AvgIpc) is 3.18. The van der Waals surface area contributed by atoms with Gasteiger partial charge in [-0.15, -0.1) is 0 Å². The number of nitrogens with one attached hydrogen (secondary N) is 1. The van der Waals surface area contributed by atoms with Gasteiger partial charge >= 0.3 is 12.1 Å². The lowest BCUT2D eigenvalue weighted by molar-refractivity contribution is -0.137. The van der Waals surface area contributed by atoms with Crippen molar-refractivity contribution in [3.05, 3.63) is 69.9 Å². The molecule has 1 aliphatic carbocycles. The third kappa shape index (κ3) is 4.34. The lowest BCUT2D eigenvalue weighted by Gasteiger charge is -2.15. The number of para-hydroxylation sites is 1. The van der Waals surface area contributed by atoms with Gasteiger partial charge in [0, 0.05) is 16.1 Å². The van der Waals surface area contributed by atoms with E-state index in [1.807, 2.05) is 6.07 Å². The van der Waals surface area contributed by atoms with Crippen LogP contribution >= 0.6 is 11.6 Å². The largest absolute Gasteiger partial charge is 0.452 e. The predicted octanol–water partition coefficient (Wildman–Crippen LogP) is 5.19. The average molecular weight is 449 g/mol. The van der Waals surface area contributed by atoms with E-state index < -0.39 is 35.9 Å². The highest BCUT2D eigenvalue weighted by molar-refractivity contribution is 6.30. The standard InChI is InChI=1S/C22H16ClF3N2O3/c23-12-8-9-18(15(10-12)22(24,25)26)28-19(29)11-31-21(30)20-13-4-1-2-6-16(13)27-17-7-3-5-14(17)20/h1-2,4,6,8-10H,3,5,7,11H2,(H,28,29). The highest BCUT2D eigenvalue weighted by atomic mass is 35.5. The molecule has 31 heavy (non-hydrogen) atoms. The zero-order chi connectivity index (χ0) is 22.2. The Morgan fingerprint density at radius 1 is 1.13 bits per heavy atom. The molecule has 2 aromatic carbocycles. The number of carbonyl (C=O) groups excluding carboxylic acids is 2. The summed E-state index contributed by atoms with van der Waals surface area (Å²) in [5, 5.41) is 2.63. The number of alkyl halides is 3. The maximum absolute atomic E-state index is 13.2. The zero-order valence-electron chi connectivity index (χ0n) is 16.1. The third-order valence-corrected chi connectivity index (χ3v) is 5.25. The van der Waals surface area contributed by atoms with Gasteiger partial charge in [-0.05, 0) is 49.1 Å². The van der Waals surface area contributed by atoms with Gasteiger partial charge in [0.2, 0.25) is 0 Å². The minimum atomic E-state index is -4.71. The minimum Gasteiger partial charge on any atom is -0.452 e. The fourth-order valence-corrected chi connectivity index (χ4v) is 3.87. The van der Waals surface area contributed by atoms with Crippen molar-refractivity contribution < 1.29 is 27.5 Å². The van der Waals surface area contributed by atoms with Crippen LogP contribution in [0.1, 0.15) is 33.6 Å². The fraction of sp³-hybridized carbons (Fsp3) is 0.227. The zero-order valence-corrected chi connectivity index (χ0v) is 16.8. The molecule has 3 aromatic rings. The molecule has 0 saturated heterocycles. The van der Waals surface area contributed by atoms with Crippen molar-refractivity contribution in [3.63, 3.8) is 0 Å². The van der Waals surface area contributed by atoms with Crippen LogP contribution in [0.25, 0.3) is 10.9 Å². The Kier molecular flexibility index (Phi) is 5.58. The van der Waals surface area contributed by atoms with Gasteiger partial charge in [0.15, 0.2) is 6.61 Å². The molecular formula is C22H16ClF3N2O3. The molecule has 1 N–H and O–H groups in total. The number of aryl methyl sites for hydroxylation is 1. The molecule has 0 atom stereocenters. The number of aromatic nitrogens is 1. The molecule has 4 rings (SSSR count). The lowest BCUT2D eigenvalue weighted by atomic mass is 10.0. The van der Waals surface area contributed by atoms with Crippen molar-refractivity contribution in [3.8, 4) is 0 Å². The summed E-state index contributed by atoms with van der Waals surface area (Å²) in [4.78, 5) is 29.6. The monoisotopic (exact) mass is 448 g/mol. The van der Waals surface area contributed by atoms with Crippen molar-refractivity contribution in [2.75, 3.05) is 11.9 Å². The normalized spacial score (nSPS) is 13.2. The number of rotatable bonds is 4. The molecule has 1 heterocycles. The van der Waals surface area contributed by atoms with Crippen LogP contribution in [0.3, 0.4) is 0 Å². The van der Waals surface area contributed by atoms with E-state index in [1.165, 1.54) is 6.07 Å². The summed E-state index contributed by atoms with van der Waals surface area (Å²) in [5.41, 5.74) is 1.07. The van der Waals surface area contributed by atoms with Gasteiger partial charge in [-0.1, -0.05) is 29.8 Å². The first kappa shape index (κ1) is 21.1. The van der Waals surface area contributed by atoms with Crippen molar-refractivity contribution in [1.29, 1.82) is 0 Å². The summed E-state index contributed by atoms with van der Waals surface area (Å²) in [6, 6.07) is 10.1. The fourth-order valence-electron chi connectivity index (χ4n) is 3.69. The van der Waals surface area contributed by atoms with Crippen LogP contribution < -0.4 is 5.32 Å². The second-order valence-electron chi connectivity index (χ2n) is 7.09. The topological polar surface area (TPSA) is 68.3 Å². The number of nitrogens with zero attached hydrogens (tertiary/aromatic N) is 1. The van der Waals surface area contributed by atoms with Crippen LogP contribution in [-0.2, 0) is 28.5 Å². The quantitative estimate of drug-likeness (QED) is 0.558. The van der Waals surface area contributed by atoms with Crippen molar-refractivity contribution >= 4 is 40.1 Å². The number of hydrogen-bond donors (Lipinski definition) is 1. The Hall–Kier alpha value is -3.13. The van der Waals surface area contributed by atoms with Crippen LogP contribution in [0.4, 0.5) is 18.9 Å². The maximum atomic E-state index is 13.2. The highest BCUT2D eigenvalue weighted by Gasteiger charge is 2.34. The molecule has 160 valence electrons. The predicted molar refractivity (Wildman–Crippen MR) is 109 cm³/mol. The number of fused-ring (bicyclic) bond motifs is 2. The Morgan fingerprint density at radius 3 is 2.68 bits per heavy atom. The molecule has 0 radical (unpaired) electrons. The van der Waals surface area contributed by atoms with Crippen molar-refractivity contribution in [2.24, 2.45) is 0 Å². The molecule has 0 saturated carbocycles. The molecule has 0 unspecified atom stereocenters. The molecule has 0 bridgehead atoms. The van der Waals surface area contributed by atoms with Gasteiger partial charge in [-0.2, -0.15) is 13.2 Å². The molecule has 1 aromatic heterocycles. The van der Waals surface area contributed by atoms with Crippen LogP contribution in [0.2, 0.25) is 5.02 Å². The van der Waals surface area contributed by atoms with E-state index in [0.717, 1.165) is 36.2 Å². The van der Waals surface area contributed by atoms with Crippen LogP contribution in [0.15, 0.2) is 42.5 Å². The van der Waals surface area contributed by atoms with Gasteiger partial charge < -0.3 is 10.1 Å². The Bertz CT molecular complexity index is 1190. The first-order valence-corrected chi connectivity index (χ1v) is 9.86. The van der Waals surface area contributed by atoms with Crippen LogP contribution in [0, 0.1) is 0 Å². The van der Waals surface area contributed by atoms with Gasteiger partial charge in [-0.3, -0.25) is 9.78 Å². The van der Waals surface area contributed by atoms with E-state index in [4.69, 9.17) is 16.3 Å². The van der Waals surface area contributed by atoms with E-state index in [1.54, 1.807) is 18.2 Å². The first-order chi connectivity index (χ1) is 14.7. The number of pyridine rings is 1. The Labute approximate surface area is 180 Å². The summed E-state index contributed by atoms with van der Waals surface area (Å²) >= 11 is 5.64. The van der Waals surface area contributed by atoms with E-state index >= 15 is 0 Å².